The van der Waals surface area contributed by atoms with E-state index in [-0.39, 0.29) is 13.0 Å². The lowest BCUT2D eigenvalue weighted by Crippen LogP contribution is -2.19. The van der Waals surface area contributed by atoms with Crippen LogP contribution < -0.4 is 5.32 Å². The molecule has 1 aromatic rings. The first kappa shape index (κ1) is 13.1. The number of aliphatic hydroxyl groups is 3. The van der Waals surface area contributed by atoms with Gasteiger partial charge in [-0.2, -0.15) is 0 Å². The second kappa shape index (κ2) is 6.60. The van der Waals surface area contributed by atoms with Crippen molar-refractivity contribution in [3.05, 3.63) is 35.4 Å². The third-order valence-corrected chi connectivity index (χ3v) is 2.49. The Kier molecular flexibility index (Phi) is 5.42. The third kappa shape index (κ3) is 3.57. The Morgan fingerprint density at radius 3 is 2.31 bits per heavy atom. The lowest BCUT2D eigenvalue weighted by molar-refractivity contribution is 0.00421. The maximum Gasteiger partial charge on any atom is 0.105 e. The second-order valence-electron chi connectivity index (χ2n) is 3.80. The largest absolute Gasteiger partial charge is 0.396 e. The minimum Gasteiger partial charge on any atom is -0.396 e. The molecule has 4 heteroatoms. The molecule has 0 bridgehead atoms. The molecule has 0 saturated heterocycles. The van der Waals surface area contributed by atoms with Crippen molar-refractivity contribution in [3.8, 4) is 0 Å². The van der Waals surface area contributed by atoms with Gasteiger partial charge in [0.25, 0.3) is 0 Å². The standard InChI is InChI=1S/C12H19NO3/c1-13-8-9-2-4-10(5-3-9)12(16)11(15)6-7-14/h2-5,11-16H,6-8H2,1H3. The number of rotatable bonds is 6. The maximum absolute atomic E-state index is 9.76. The monoisotopic (exact) mass is 225 g/mol. The molecule has 1 rings (SSSR count). The first-order valence-corrected chi connectivity index (χ1v) is 5.39. The maximum atomic E-state index is 9.76. The van der Waals surface area contributed by atoms with E-state index in [2.05, 4.69) is 5.32 Å². The molecule has 1 aromatic carbocycles. The number of hydrogen-bond donors (Lipinski definition) is 4. The predicted octanol–water partition coefficient (Wildman–Crippen LogP) is 0.183. The highest BCUT2D eigenvalue weighted by Crippen LogP contribution is 2.19. The van der Waals surface area contributed by atoms with Crippen molar-refractivity contribution in [1.29, 1.82) is 0 Å². The fourth-order valence-corrected chi connectivity index (χ4v) is 1.55. The van der Waals surface area contributed by atoms with Crippen LogP contribution in [-0.2, 0) is 6.54 Å². The summed E-state index contributed by atoms with van der Waals surface area (Å²) in [6.07, 6.45) is -1.67. The zero-order valence-corrected chi connectivity index (χ0v) is 9.43. The fourth-order valence-electron chi connectivity index (χ4n) is 1.55. The Morgan fingerprint density at radius 2 is 1.81 bits per heavy atom. The Labute approximate surface area is 95.6 Å². The molecule has 0 aromatic heterocycles. The van der Waals surface area contributed by atoms with Crippen LogP contribution in [0.15, 0.2) is 24.3 Å². The van der Waals surface area contributed by atoms with Gasteiger partial charge < -0.3 is 20.6 Å². The van der Waals surface area contributed by atoms with E-state index in [9.17, 15) is 10.2 Å². The normalized spacial score (nSPS) is 14.8. The summed E-state index contributed by atoms with van der Waals surface area (Å²) in [5.41, 5.74) is 1.79. The van der Waals surface area contributed by atoms with Crippen LogP contribution in [0.25, 0.3) is 0 Å². The average molecular weight is 225 g/mol. The van der Waals surface area contributed by atoms with Crippen LogP contribution in [0, 0.1) is 0 Å². The van der Waals surface area contributed by atoms with Crippen molar-refractivity contribution < 1.29 is 15.3 Å². The van der Waals surface area contributed by atoms with Crippen molar-refractivity contribution in [2.24, 2.45) is 0 Å². The molecule has 0 aliphatic rings. The van der Waals surface area contributed by atoms with Gasteiger partial charge in [-0.15, -0.1) is 0 Å². The van der Waals surface area contributed by atoms with Gasteiger partial charge in [0.15, 0.2) is 0 Å². The second-order valence-corrected chi connectivity index (χ2v) is 3.80. The molecule has 0 saturated carbocycles. The van der Waals surface area contributed by atoms with Crippen molar-refractivity contribution in [1.82, 2.24) is 5.32 Å². The smallest absolute Gasteiger partial charge is 0.105 e. The average Bonchev–Trinajstić information content (AvgIpc) is 2.30. The Hall–Kier alpha value is -0.940. The highest BCUT2D eigenvalue weighted by atomic mass is 16.3. The topological polar surface area (TPSA) is 72.7 Å². The van der Waals surface area contributed by atoms with E-state index in [4.69, 9.17) is 5.11 Å². The Balaban J connectivity index is 2.65. The predicted molar refractivity (Wildman–Crippen MR) is 61.9 cm³/mol. The molecular weight excluding hydrogens is 206 g/mol. The first-order valence-electron chi connectivity index (χ1n) is 5.39. The van der Waals surface area contributed by atoms with Crippen molar-refractivity contribution in [3.63, 3.8) is 0 Å². The number of hydrogen-bond acceptors (Lipinski definition) is 4. The number of aliphatic hydroxyl groups excluding tert-OH is 3. The number of benzene rings is 1. The summed E-state index contributed by atoms with van der Waals surface area (Å²) in [5, 5.41) is 31.0. The van der Waals surface area contributed by atoms with E-state index in [0.717, 1.165) is 12.1 Å². The zero-order valence-electron chi connectivity index (χ0n) is 9.43. The lowest BCUT2D eigenvalue weighted by atomic mass is 10.0. The molecule has 0 aliphatic carbocycles. The van der Waals surface area contributed by atoms with Gasteiger partial charge in [0.2, 0.25) is 0 Å². The van der Waals surface area contributed by atoms with Gasteiger partial charge in [-0.3, -0.25) is 0 Å². The van der Waals surface area contributed by atoms with Crippen molar-refractivity contribution >= 4 is 0 Å². The summed E-state index contributed by atoms with van der Waals surface area (Å²) in [4.78, 5) is 0. The first-order chi connectivity index (χ1) is 7.69. The molecule has 4 N–H and O–H groups in total. The van der Waals surface area contributed by atoms with E-state index in [1.165, 1.54) is 0 Å². The Bertz CT molecular complexity index is 300. The summed E-state index contributed by atoms with van der Waals surface area (Å²) in [5.74, 6) is 0. The van der Waals surface area contributed by atoms with E-state index in [1.54, 1.807) is 12.1 Å². The van der Waals surface area contributed by atoms with Crippen LogP contribution in [0.3, 0.4) is 0 Å². The fraction of sp³-hybridized carbons (Fsp3) is 0.500. The van der Waals surface area contributed by atoms with Gasteiger partial charge in [0.05, 0.1) is 6.10 Å². The van der Waals surface area contributed by atoms with Gasteiger partial charge in [0.1, 0.15) is 6.10 Å². The van der Waals surface area contributed by atoms with Gasteiger partial charge in [-0.05, 0) is 24.6 Å². The molecule has 2 atom stereocenters. The highest BCUT2D eigenvalue weighted by Gasteiger charge is 2.17. The third-order valence-electron chi connectivity index (χ3n) is 2.49. The minimum absolute atomic E-state index is 0.129. The van der Waals surface area contributed by atoms with Gasteiger partial charge in [0, 0.05) is 13.2 Å². The molecule has 4 nitrogen and oxygen atoms in total. The molecule has 0 radical (unpaired) electrons. The summed E-state index contributed by atoms with van der Waals surface area (Å²) < 4.78 is 0. The molecule has 0 heterocycles. The van der Waals surface area contributed by atoms with Crippen LogP contribution in [0.2, 0.25) is 0 Å². The summed E-state index contributed by atoms with van der Waals surface area (Å²) in [6.45, 7) is 0.644. The lowest BCUT2D eigenvalue weighted by Gasteiger charge is -2.17. The van der Waals surface area contributed by atoms with Crippen LogP contribution in [-0.4, -0.2) is 35.1 Å². The summed E-state index contributed by atoms with van der Waals surface area (Å²) in [7, 11) is 1.87. The molecule has 0 spiro atoms. The van der Waals surface area contributed by atoms with E-state index in [1.807, 2.05) is 19.2 Å². The Morgan fingerprint density at radius 1 is 1.19 bits per heavy atom. The molecule has 2 unspecified atom stereocenters. The van der Waals surface area contributed by atoms with Crippen LogP contribution in [0.5, 0.6) is 0 Å². The van der Waals surface area contributed by atoms with Gasteiger partial charge in [-0.1, -0.05) is 24.3 Å². The SMILES string of the molecule is CNCc1ccc(C(O)C(O)CCO)cc1. The van der Waals surface area contributed by atoms with Crippen LogP contribution in [0.1, 0.15) is 23.7 Å². The molecule has 16 heavy (non-hydrogen) atoms. The van der Waals surface area contributed by atoms with E-state index >= 15 is 0 Å². The van der Waals surface area contributed by atoms with E-state index < -0.39 is 12.2 Å². The van der Waals surface area contributed by atoms with Gasteiger partial charge >= 0.3 is 0 Å². The summed E-state index contributed by atoms with van der Waals surface area (Å²) >= 11 is 0. The van der Waals surface area contributed by atoms with Crippen LogP contribution >= 0.6 is 0 Å². The van der Waals surface area contributed by atoms with E-state index in [0.29, 0.717) is 5.56 Å². The molecular formula is C12H19NO3. The number of nitrogens with one attached hydrogen (secondary N) is 1. The molecule has 0 fully saturated rings. The summed E-state index contributed by atoms with van der Waals surface area (Å²) in [6, 6.07) is 7.39. The van der Waals surface area contributed by atoms with Crippen molar-refractivity contribution in [2.45, 2.75) is 25.2 Å². The van der Waals surface area contributed by atoms with Gasteiger partial charge in [-0.25, -0.2) is 0 Å². The van der Waals surface area contributed by atoms with Crippen LogP contribution in [0.4, 0.5) is 0 Å². The zero-order chi connectivity index (χ0) is 12.0. The highest BCUT2D eigenvalue weighted by molar-refractivity contribution is 5.24. The molecule has 90 valence electrons. The molecule has 0 aliphatic heterocycles. The molecule has 0 amide bonds. The van der Waals surface area contributed by atoms with Crippen molar-refractivity contribution in [2.75, 3.05) is 13.7 Å². The quantitative estimate of drug-likeness (QED) is 0.557. The minimum atomic E-state index is -0.934.